The van der Waals surface area contributed by atoms with Gasteiger partial charge in [0, 0.05) is 18.0 Å². The summed E-state index contributed by atoms with van der Waals surface area (Å²) in [5.41, 5.74) is 1.89. The van der Waals surface area contributed by atoms with Crippen molar-refractivity contribution in [1.29, 1.82) is 0 Å². The molecule has 1 aliphatic carbocycles. The first-order chi connectivity index (χ1) is 13.2. The molecule has 144 valence electrons. The van der Waals surface area contributed by atoms with Gasteiger partial charge in [-0.15, -0.1) is 0 Å². The van der Waals surface area contributed by atoms with Crippen molar-refractivity contribution >= 4 is 5.91 Å². The molecule has 4 rings (SSSR count). The summed E-state index contributed by atoms with van der Waals surface area (Å²) in [6, 6.07) is 7.27. The molecule has 1 aliphatic heterocycles. The Morgan fingerprint density at radius 1 is 1.19 bits per heavy atom. The van der Waals surface area contributed by atoms with Crippen LogP contribution in [0, 0.1) is 0 Å². The Kier molecular flexibility index (Phi) is 5.50. The molecule has 0 bridgehead atoms. The van der Waals surface area contributed by atoms with E-state index in [1.165, 1.54) is 19.3 Å². The highest BCUT2D eigenvalue weighted by Gasteiger charge is 2.30. The molecule has 2 fully saturated rings. The SMILES string of the molecule is O=C(NCc1ccc(-c2noc(C3CCCCC3)n2)cc1)[C@H]1NCC[C@@H]1O. The van der Waals surface area contributed by atoms with Crippen LogP contribution in [0.4, 0.5) is 0 Å². The normalized spacial score (nSPS) is 23.4. The average Bonchev–Trinajstić information content (AvgIpc) is 3.37. The smallest absolute Gasteiger partial charge is 0.240 e. The van der Waals surface area contributed by atoms with E-state index in [1.807, 2.05) is 24.3 Å². The van der Waals surface area contributed by atoms with Gasteiger partial charge in [-0.2, -0.15) is 4.98 Å². The lowest BCUT2D eigenvalue weighted by Gasteiger charge is -2.17. The number of rotatable bonds is 5. The minimum atomic E-state index is -0.607. The van der Waals surface area contributed by atoms with Crippen LogP contribution in [0.25, 0.3) is 11.4 Å². The Labute approximate surface area is 158 Å². The second-order valence-corrected chi connectivity index (χ2v) is 7.49. The van der Waals surface area contributed by atoms with Crippen LogP contribution in [0.5, 0.6) is 0 Å². The van der Waals surface area contributed by atoms with Crippen LogP contribution >= 0.6 is 0 Å². The summed E-state index contributed by atoms with van der Waals surface area (Å²) in [6.07, 6.45) is 6.03. The number of nitrogens with zero attached hydrogens (tertiary/aromatic N) is 2. The lowest BCUT2D eigenvalue weighted by molar-refractivity contribution is -0.124. The molecule has 0 radical (unpaired) electrons. The number of carbonyl (C=O) groups is 1. The first-order valence-electron chi connectivity index (χ1n) is 9.83. The minimum Gasteiger partial charge on any atom is -0.391 e. The molecule has 1 aromatic carbocycles. The lowest BCUT2D eigenvalue weighted by Crippen LogP contribution is -2.45. The highest BCUT2D eigenvalue weighted by atomic mass is 16.5. The van der Waals surface area contributed by atoms with Gasteiger partial charge in [0.2, 0.25) is 17.6 Å². The zero-order chi connectivity index (χ0) is 18.6. The Bertz CT molecular complexity index is 768. The first kappa shape index (κ1) is 18.1. The monoisotopic (exact) mass is 370 g/mol. The molecule has 2 aliphatic rings. The van der Waals surface area contributed by atoms with E-state index in [4.69, 9.17) is 4.52 Å². The second-order valence-electron chi connectivity index (χ2n) is 7.49. The summed E-state index contributed by atoms with van der Waals surface area (Å²) < 4.78 is 5.49. The van der Waals surface area contributed by atoms with Crippen molar-refractivity contribution < 1.29 is 14.4 Å². The Balaban J connectivity index is 1.35. The predicted octanol–water partition coefficient (Wildman–Crippen LogP) is 2.12. The Hall–Kier alpha value is -2.25. The fourth-order valence-electron chi connectivity index (χ4n) is 3.90. The number of aliphatic hydroxyl groups excluding tert-OH is 1. The highest BCUT2D eigenvalue weighted by molar-refractivity contribution is 5.82. The second kappa shape index (κ2) is 8.19. The Morgan fingerprint density at radius 3 is 2.67 bits per heavy atom. The number of carbonyl (C=O) groups excluding carboxylic acids is 1. The van der Waals surface area contributed by atoms with Crippen molar-refractivity contribution in [2.24, 2.45) is 0 Å². The fourth-order valence-corrected chi connectivity index (χ4v) is 3.90. The van der Waals surface area contributed by atoms with Gasteiger partial charge in [0.05, 0.1) is 6.10 Å². The van der Waals surface area contributed by atoms with Gasteiger partial charge in [0.25, 0.3) is 0 Å². The number of aromatic nitrogens is 2. The number of hydrogen-bond acceptors (Lipinski definition) is 6. The van der Waals surface area contributed by atoms with E-state index in [0.29, 0.717) is 31.3 Å². The standard InChI is InChI=1S/C20H26N4O3/c25-16-10-11-21-17(16)19(26)22-12-13-6-8-14(9-7-13)18-23-20(27-24-18)15-4-2-1-3-5-15/h6-9,15-17,21,25H,1-5,10-12H2,(H,22,26)/t16-,17-/m0/s1. The third-order valence-electron chi connectivity index (χ3n) is 5.55. The first-order valence-corrected chi connectivity index (χ1v) is 9.83. The topological polar surface area (TPSA) is 100 Å². The molecule has 1 saturated carbocycles. The molecule has 2 aromatic rings. The molecule has 2 atom stereocenters. The number of nitrogens with one attached hydrogen (secondary N) is 2. The van der Waals surface area contributed by atoms with E-state index in [0.717, 1.165) is 29.9 Å². The fraction of sp³-hybridized carbons (Fsp3) is 0.550. The summed E-state index contributed by atoms with van der Waals surface area (Å²) in [5, 5.41) is 19.8. The van der Waals surface area contributed by atoms with Gasteiger partial charge >= 0.3 is 0 Å². The van der Waals surface area contributed by atoms with E-state index >= 15 is 0 Å². The maximum atomic E-state index is 12.1. The third kappa shape index (κ3) is 4.20. The number of aliphatic hydroxyl groups is 1. The largest absolute Gasteiger partial charge is 0.391 e. The van der Waals surface area contributed by atoms with Crippen molar-refractivity contribution in [3.05, 3.63) is 35.7 Å². The van der Waals surface area contributed by atoms with E-state index in [9.17, 15) is 9.90 Å². The van der Waals surface area contributed by atoms with Gasteiger partial charge in [-0.25, -0.2) is 0 Å². The van der Waals surface area contributed by atoms with Crippen molar-refractivity contribution in [1.82, 2.24) is 20.8 Å². The summed E-state index contributed by atoms with van der Waals surface area (Å²) >= 11 is 0. The third-order valence-corrected chi connectivity index (χ3v) is 5.55. The van der Waals surface area contributed by atoms with Gasteiger partial charge < -0.3 is 20.3 Å². The average molecular weight is 370 g/mol. The zero-order valence-electron chi connectivity index (χ0n) is 15.4. The van der Waals surface area contributed by atoms with Crippen molar-refractivity contribution in [3.63, 3.8) is 0 Å². The van der Waals surface area contributed by atoms with Gasteiger partial charge in [-0.3, -0.25) is 4.79 Å². The van der Waals surface area contributed by atoms with E-state index in [2.05, 4.69) is 20.8 Å². The summed E-state index contributed by atoms with van der Waals surface area (Å²) in [7, 11) is 0. The van der Waals surface area contributed by atoms with Gasteiger partial charge in [-0.05, 0) is 31.4 Å². The van der Waals surface area contributed by atoms with Gasteiger partial charge in [-0.1, -0.05) is 48.7 Å². The van der Waals surface area contributed by atoms with Crippen LogP contribution in [0.3, 0.4) is 0 Å². The molecule has 3 N–H and O–H groups in total. The maximum Gasteiger partial charge on any atom is 0.240 e. The molecule has 7 nitrogen and oxygen atoms in total. The van der Waals surface area contributed by atoms with Crippen LogP contribution < -0.4 is 10.6 Å². The molecule has 1 amide bonds. The molecule has 1 aromatic heterocycles. The van der Waals surface area contributed by atoms with Crippen molar-refractivity contribution in [3.8, 4) is 11.4 Å². The molecule has 27 heavy (non-hydrogen) atoms. The molecule has 2 heterocycles. The molecular weight excluding hydrogens is 344 g/mol. The maximum absolute atomic E-state index is 12.1. The van der Waals surface area contributed by atoms with Crippen LogP contribution in [-0.2, 0) is 11.3 Å². The number of benzene rings is 1. The van der Waals surface area contributed by atoms with E-state index < -0.39 is 12.1 Å². The van der Waals surface area contributed by atoms with Crippen LogP contribution in [0.2, 0.25) is 0 Å². The van der Waals surface area contributed by atoms with Crippen LogP contribution in [0.1, 0.15) is 55.9 Å². The van der Waals surface area contributed by atoms with Crippen LogP contribution in [0.15, 0.2) is 28.8 Å². The van der Waals surface area contributed by atoms with Crippen molar-refractivity contribution in [2.75, 3.05) is 6.54 Å². The molecular formula is C20H26N4O3. The Morgan fingerprint density at radius 2 is 1.96 bits per heavy atom. The molecule has 0 spiro atoms. The van der Waals surface area contributed by atoms with E-state index in [-0.39, 0.29) is 5.91 Å². The molecule has 7 heteroatoms. The van der Waals surface area contributed by atoms with Gasteiger partial charge in [0.1, 0.15) is 6.04 Å². The van der Waals surface area contributed by atoms with Gasteiger partial charge in [0.15, 0.2) is 0 Å². The summed E-state index contributed by atoms with van der Waals surface area (Å²) in [4.78, 5) is 16.7. The number of hydrogen-bond donors (Lipinski definition) is 3. The highest BCUT2D eigenvalue weighted by Crippen LogP contribution is 2.32. The lowest BCUT2D eigenvalue weighted by atomic mass is 9.89. The summed E-state index contributed by atoms with van der Waals surface area (Å²) in [6.45, 7) is 1.09. The number of amides is 1. The predicted molar refractivity (Wildman–Crippen MR) is 99.8 cm³/mol. The van der Waals surface area contributed by atoms with Crippen LogP contribution in [-0.4, -0.2) is 39.8 Å². The molecule has 1 saturated heterocycles. The van der Waals surface area contributed by atoms with E-state index in [1.54, 1.807) is 0 Å². The zero-order valence-corrected chi connectivity index (χ0v) is 15.4. The quantitative estimate of drug-likeness (QED) is 0.745. The van der Waals surface area contributed by atoms with Crippen molar-refractivity contribution in [2.45, 2.75) is 63.1 Å². The summed E-state index contributed by atoms with van der Waals surface area (Å²) in [5.74, 6) is 1.60. The molecule has 0 unspecified atom stereocenters. The minimum absolute atomic E-state index is 0.167.